The normalized spacial score (nSPS) is 13.0. The first-order chi connectivity index (χ1) is 11.0. The maximum atomic E-state index is 12.6. The van der Waals surface area contributed by atoms with Crippen LogP contribution in [0.15, 0.2) is 59.5 Å². The van der Waals surface area contributed by atoms with Crippen LogP contribution in [0.25, 0.3) is 0 Å². The summed E-state index contributed by atoms with van der Waals surface area (Å²) in [5, 5.41) is 0. The summed E-state index contributed by atoms with van der Waals surface area (Å²) in [5.74, 6) is 0. The van der Waals surface area contributed by atoms with E-state index in [1.807, 2.05) is 49.4 Å². The lowest BCUT2D eigenvalue weighted by Gasteiger charge is -2.19. The molecule has 0 aliphatic rings. The lowest BCUT2D eigenvalue weighted by molar-refractivity contribution is 0.509. The van der Waals surface area contributed by atoms with Gasteiger partial charge in [0.05, 0.1) is 4.90 Å². The van der Waals surface area contributed by atoms with E-state index in [-0.39, 0.29) is 6.04 Å². The van der Waals surface area contributed by atoms with Gasteiger partial charge in [0.15, 0.2) is 0 Å². The Kier molecular flexibility index (Phi) is 6.37. The van der Waals surface area contributed by atoms with Gasteiger partial charge in [0.25, 0.3) is 0 Å². The van der Waals surface area contributed by atoms with E-state index in [2.05, 4.69) is 11.6 Å². The summed E-state index contributed by atoms with van der Waals surface area (Å²) in [6.07, 6.45) is 3.62. The van der Waals surface area contributed by atoms with Crippen molar-refractivity contribution < 1.29 is 8.42 Å². The molecule has 0 fully saturated rings. The first-order valence-corrected chi connectivity index (χ1v) is 9.62. The van der Waals surface area contributed by atoms with E-state index < -0.39 is 10.0 Å². The number of rotatable bonds is 8. The second-order valence-electron chi connectivity index (χ2n) is 5.96. The first kappa shape index (κ1) is 17.7. The Morgan fingerprint density at radius 1 is 1.00 bits per heavy atom. The zero-order valence-corrected chi connectivity index (χ0v) is 14.6. The number of hydrogen-bond acceptors (Lipinski definition) is 2. The van der Waals surface area contributed by atoms with Crippen LogP contribution >= 0.6 is 0 Å². The summed E-state index contributed by atoms with van der Waals surface area (Å²) in [6, 6.07) is 16.9. The van der Waals surface area contributed by atoms with Crippen molar-refractivity contribution in [2.75, 3.05) is 0 Å². The number of sulfonamides is 1. The standard InChI is InChI=1S/C19H25NO2S/c1-3-4-10-18(15-17-8-6-5-7-9-17)20-23(21,22)19-13-11-16(2)12-14-19/h5-9,11-14,18,20H,3-4,10,15H2,1-2H3. The van der Waals surface area contributed by atoms with Gasteiger partial charge >= 0.3 is 0 Å². The van der Waals surface area contributed by atoms with Gasteiger partial charge in [-0.1, -0.05) is 67.8 Å². The van der Waals surface area contributed by atoms with Crippen molar-refractivity contribution in [1.29, 1.82) is 0 Å². The molecule has 1 unspecified atom stereocenters. The number of benzene rings is 2. The van der Waals surface area contributed by atoms with Crippen LogP contribution < -0.4 is 4.72 Å². The number of aryl methyl sites for hydroxylation is 1. The molecule has 1 N–H and O–H groups in total. The third kappa shape index (κ3) is 5.48. The number of hydrogen-bond donors (Lipinski definition) is 1. The highest BCUT2D eigenvalue weighted by Gasteiger charge is 2.20. The summed E-state index contributed by atoms with van der Waals surface area (Å²) in [5.41, 5.74) is 2.20. The van der Waals surface area contributed by atoms with E-state index in [0.29, 0.717) is 11.3 Å². The molecule has 0 saturated heterocycles. The van der Waals surface area contributed by atoms with Gasteiger partial charge in [0.1, 0.15) is 0 Å². The Balaban J connectivity index is 2.14. The average Bonchev–Trinajstić information content (AvgIpc) is 2.54. The van der Waals surface area contributed by atoms with Gasteiger partial charge in [-0.2, -0.15) is 0 Å². The minimum absolute atomic E-state index is 0.0800. The first-order valence-electron chi connectivity index (χ1n) is 8.14. The molecule has 0 heterocycles. The molecule has 0 saturated carbocycles. The van der Waals surface area contributed by atoms with Crippen molar-refractivity contribution in [3.05, 3.63) is 65.7 Å². The number of nitrogens with one attached hydrogen (secondary N) is 1. The predicted octanol–water partition coefficient (Wildman–Crippen LogP) is 4.07. The molecule has 0 aliphatic carbocycles. The lowest BCUT2D eigenvalue weighted by Crippen LogP contribution is -2.36. The summed E-state index contributed by atoms with van der Waals surface area (Å²) in [6.45, 7) is 4.07. The van der Waals surface area contributed by atoms with Crippen molar-refractivity contribution in [3.63, 3.8) is 0 Å². The van der Waals surface area contributed by atoms with Crippen molar-refractivity contribution in [2.45, 2.75) is 50.5 Å². The molecule has 0 aliphatic heterocycles. The van der Waals surface area contributed by atoms with Crippen LogP contribution in [0.3, 0.4) is 0 Å². The third-order valence-electron chi connectivity index (χ3n) is 3.88. The fraction of sp³-hybridized carbons (Fsp3) is 0.368. The fourth-order valence-electron chi connectivity index (χ4n) is 2.56. The summed E-state index contributed by atoms with van der Waals surface area (Å²) < 4.78 is 28.1. The van der Waals surface area contributed by atoms with Crippen LogP contribution in [0.2, 0.25) is 0 Å². The highest BCUT2D eigenvalue weighted by molar-refractivity contribution is 7.89. The summed E-state index contributed by atoms with van der Waals surface area (Å²) >= 11 is 0. The Bertz CT molecular complexity index is 694. The number of unbranched alkanes of at least 4 members (excludes halogenated alkanes) is 1. The minimum Gasteiger partial charge on any atom is -0.208 e. The highest BCUT2D eigenvalue weighted by atomic mass is 32.2. The zero-order chi connectivity index (χ0) is 16.7. The van der Waals surface area contributed by atoms with E-state index in [9.17, 15) is 8.42 Å². The van der Waals surface area contributed by atoms with Gasteiger partial charge in [-0.25, -0.2) is 13.1 Å². The molecule has 3 nitrogen and oxygen atoms in total. The van der Waals surface area contributed by atoms with Gasteiger partial charge in [-0.15, -0.1) is 0 Å². The zero-order valence-electron chi connectivity index (χ0n) is 13.8. The van der Waals surface area contributed by atoms with Crippen molar-refractivity contribution in [3.8, 4) is 0 Å². The Morgan fingerprint density at radius 3 is 2.26 bits per heavy atom. The van der Waals surface area contributed by atoms with Gasteiger partial charge in [0, 0.05) is 6.04 Å². The molecule has 0 bridgehead atoms. The second-order valence-corrected chi connectivity index (χ2v) is 7.68. The second kappa shape index (κ2) is 8.27. The molecule has 1 atom stereocenters. The maximum absolute atomic E-state index is 12.6. The minimum atomic E-state index is -3.48. The lowest BCUT2D eigenvalue weighted by atomic mass is 10.0. The van der Waals surface area contributed by atoms with Crippen LogP contribution in [-0.4, -0.2) is 14.5 Å². The molecule has 23 heavy (non-hydrogen) atoms. The van der Waals surface area contributed by atoms with Crippen LogP contribution in [0.4, 0.5) is 0 Å². The summed E-state index contributed by atoms with van der Waals surface area (Å²) in [7, 11) is -3.48. The van der Waals surface area contributed by atoms with Crippen LogP contribution in [0.1, 0.15) is 37.3 Å². The van der Waals surface area contributed by atoms with E-state index in [1.54, 1.807) is 12.1 Å². The molecule has 0 amide bonds. The maximum Gasteiger partial charge on any atom is 0.240 e. The molecule has 2 aromatic rings. The summed E-state index contributed by atoms with van der Waals surface area (Å²) in [4.78, 5) is 0.331. The van der Waals surface area contributed by atoms with E-state index in [0.717, 1.165) is 30.4 Å². The Morgan fingerprint density at radius 2 is 1.65 bits per heavy atom. The monoisotopic (exact) mass is 331 g/mol. The Labute approximate surface area is 139 Å². The van der Waals surface area contributed by atoms with Crippen molar-refractivity contribution >= 4 is 10.0 Å². The SMILES string of the molecule is CCCCC(Cc1ccccc1)NS(=O)(=O)c1ccc(C)cc1. The van der Waals surface area contributed by atoms with Gasteiger partial charge < -0.3 is 0 Å². The van der Waals surface area contributed by atoms with Gasteiger partial charge in [-0.3, -0.25) is 0 Å². The van der Waals surface area contributed by atoms with Crippen molar-refractivity contribution in [1.82, 2.24) is 4.72 Å². The average molecular weight is 331 g/mol. The van der Waals surface area contributed by atoms with Gasteiger partial charge in [0.2, 0.25) is 10.0 Å². The van der Waals surface area contributed by atoms with E-state index in [4.69, 9.17) is 0 Å². The van der Waals surface area contributed by atoms with Gasteiger partial charge in [-0.05, 0) is 37.5 Å². The van der Waals surface area contributed by atoms with Crippen molar-refractivity contribution in [2.24, 2.45) is 0 Å². The molecule has 0 aromatic heterocycles. The predicted molar refractivity (Wildman–Crippen MR) is 95.0 cm³/mol. The van der Waals surface area contributed by atoms with Crippen LogP contribution in [0.5, 0.6) is 0 Å². The molecule has 2 aromatic carbocycles. The molecule has 2 rings (SSSR count). The fourth-order valence-corrected chi connectivity index (χ4v) is 3.83. The highest BCUT2D eigenvalue weighted by Crippen LogP contribution is 2.15. The van der Waals surface area contributed by atoms with E-state index in [1.165, 1.54) is 0 Å². The van der Waals surface area contributed by atoms with Crippen LogP contribution in [0, 0.1) is 6.92 Å². The molecular formula is C19H25NO2S. The topological polar surface area (TPSA) is 46.2 Å². The van der Waals surface area contributed by atoms with E-state index >= 15 is 0 Å². The molecule has 0 spiro atoms. The molecule has 0 radical (unpaired) electrons. The molecule has 124 valence electrons. The smallest absolute Gasteiger partial charge is 0.208 e. The Hall–Kier alpha value is -1.65. The largest absolute Gasteiger partial charge is 0.240 e. The molecular weight excluding hydrogens is 306 g/mol. The van der Waals surface area contributed by atoms with Crippen LogP contribution in [-0.2, 0) is 16.4 Å². The quantitative estimate of drug-likeness (QED) is 0.792. The third-order valence-corrected chi connectivity index (χ3v) is 5.42. The molecule has 4 heteroatoms.